The summed E-state index contributed by atoms with van der Waals surface area (Å²) in [6.07, 6.45) is -4.87. The molecule has 2 saturated heterocycles. The largest absolute Gasteiger partial charge is 0.416 e. The highest BCUT2D eigenvalue weighted by molar-refractivity contribution is 7.91. The Hall–Kier alpha value is -1.85. The zero-order valence-corrected chi connectivity index (χ0v) is 17.7. The third-order valence-electron chi connectivity index (χ3n) is 5.31. The van der Waals surface area contributed by atoms with Crippen LogP contribution >= 0.6 is 0 Å². The van der Waals surface area contributed by atoms with Crippen LogP contribution in [0.25, 0.3) is 0 Å². The van der Waals surface area contributed by atoms with Crippen molar-refractivity contribution in [1.82, 2.24) is 15.1 Å². The summed E-state index contributed by atoms with van der Waals surface area (Å²) < 4.78 is 67.8. The molecule has 0 aromatic heterocycles. The van der Waals surface area contributed by atoms with Gasteiger partial charge in [-0.2, -0.15) is 13.2 Å². The van der Waals surface area contributed by atoms with Crippen LogP contribution in [0.2, 0.25) is 0 Å². The summed E-state index contributed by atoms with van der Waals surface area (Å²) in [5.41, 5.74) is -0.203. The first-order valence-electron chi connectivity index (χ1n) is 9.85. The van der Waals surface area contributed by atoms with Crippen molar-refractivity contribution in [3.63, 3.8) is 0 Å². The third kappa shape index (κ3) is 6.08. The van der Waals surface area contributed by atoms with Crippen molar-refractivity contribution in [2.75, 3.05) is 64.4 Å². The van der Waals surface area contributed by atoms with Crippen LogP contribution in [-0.2, 0) is 20.8 Å². The van der Waals surface area contributed by atoms with Gasteiger partial charge in [-0.15, -0.1) is 0 Å². The summed E-state index contributed by atoms with van der Waals surface area (Å²) in [6.45, 7) is 3.69. The lowest BCUT2D eigenvalue weighted by atomic mass is 10.0. The number of morpholine rings is 1. The van der Waals surface area contributed by atoms with E-state index in [4.69, 9.17) is 4.74 Å². The number of guanidine groups is 1. The van der Waals surface area contributed by atoms with Gasteiger partial charge in [0.25, 0.3) is 0 Å². The van der Waals surface area contributed by atoms with E-state index in [0.717, 1.165) is 12.1 Å². The third-order valence-corrected chi connectivity index (χ3v) is 6.92. The van der Waals surface area contributed by atoms with E-state index in [1.54, 1.807) is 13.1 Å². The van der Waals surface area contributed by atoms with Crippen molar-refractivity contribution in [1.29, 1.82) is 0 Å². The van der Waals surface area contributed by atoms with Gasteiger partial charge in [0.15, 0.2) is 15.8 Å². The van der Waals surface area contributed by atoms with E-state index in [-0.39, 0.29) is 11.5 Å². The first-order chi connectivity index (χ1) is 14.2. The van der Waals surface area contributed by atoms with Crippen molar-refractivity contribution in [3.05, 3.63) is 35.4 Å². The van der Waals surface area contributed by atoms with Crippen LogP contribution in [0.1, 0.15) is 17.2 Å². The maximum absolute atomic E-state index is 13.0. The summed E-state index contributed by atoms with van der Waals surface area (Å²) in [6, 6.07) is 5.22. The van der Waals surface area contributed by atoms with Gasteiger partial charge in [0.1, 0.15) is 6.10 Å². The maximum Gasteiger partial charge on any atom is 0.416 e. The number of alkyl halides is 3. The predicted octanol–water partition coefficient (Wildman–Crippen LogP) is 1.38. The quantitative estimate of drug-likeness (QED) is 0.554. The zero-order chi connectivity index (χ0) is 21.8. The minimum Gasteiger partial charge on any atom is -0.370 e. The van der Waals surface area contributed by atoms with Crippen LogP contribution in [0.3, 0.4) is 0 Å². The lowest BCUT2D eigenvalue weighted by Crippen LogP contribution is -2.50. The van der Waals surface area contributed by atoms with Crippen LogP contribution in [0, 0.1) is 0 Å². The fraction of sp³-hybridized carbons (Fsp3) is 0.632. The Morgan fingerprint density at radius 3 is 2.67 bits per heavy atom. The summed E-state index contributed by atoms with van der Waals surface area (Å²) in [5, 5.41) is 3.26. The van der Waals surface area contributed by atoms with Gasteiger partial charge in [-0.05, 0) is 17.7 Å². The topological polar surface area (TPSA) is 74.2 Å². The summed E-state index contributed by atoms with van der Waals surface area (Å²) in [4.78, 5) is 8.34. The Bertz CT molecular complexity index is 847. The molecule has 0 aliphatic carbocycles. The van der Waals surface area contributed by atoms with Crippen LogP contribution in [0.15, 0.2) is 29.3 Å². The molecule has 7 nitrogen and oxygen atoms in total. The van der Waals surface area contributed by atoms with Gasteiger partial charge < -0.3 is 15.0 Å². The second-order valence-corrected chi connectivity index (χ2v) is 9.70. The number of nitrogens with zero attached hydrogens (tertiary/aromatic N) is 3. The normalized spacial score (nSPS) is 23.4. The second kappa shape index (κ2) is 9.52. The summed E-state index contributed by atoms with van der Waals surface area (Å²) >= 11 is 0. The average Bonchev–Trinajstić information content (AvgIpc) is 2.72. The highest BCUT2D eigenvalue weighted by Gasteiger charge is 2.32. The summed E-state index contributed by atoms with van der Waals surface area (Å²) in [5.74, 6) is 1.02. The van der Waals surface area contributed by atoms with Gasteiger partial charge in [-0.3, -0.25) is 9.89 Å². The maximum atomic E-state index is 13.0. The number of halogens is 3. The molecule has 0 spiro atoms. The van der Waals surface area contributed by atoms with Gasteiger partial charge in [-0.25, -0.2) is 8.42 Å². The Balaban J connectivity index is 1.55. The number of nitrogens with one attached hydrogen (secondary N) is 1. The number of rotatable bonds is 4. The van der Waals surface area contributed by atoms with Gasteiger partial charge in [0.05, 0.1) is 30.2 Å². The molecule has 1 aromatic carbocycles. The number of hydrogen-bond acceptors (Lipinski definition) is 5. The molecule has 1 aromatic rings. The molecule has 1 unspecified atom stereocenters. The first kappa shape index (κ1) is 22.8. The number of sulfone groups is 1. The first-order valence-corrected chi connectivity index (χ1v) is 11.7. The summed E-state index contributed by atoms with van der Waals surface area (Å²) in [7, 11) is -1.24. The van der Waals surface area contributed by atoms with Crippen LogP contribution in [-0.4, -0.2) is 88.6 Å². The molecule has 1 atom stereocenters. The van der Waals surface area contributed by atoms with Crippen LogP contribution in [0.5, 0.6) is 0 Å². The molecule has 30 heavy (non-hydrogen) atoms. The number of ether oxygens (including phenoxy) is 1. The molecule has 2 aliphatic rings. The van der Waals surface area contributed by atoms with E-state index in [2.05, 4.69) is 15.2 Å². The van der Waals surface area contributed by atoms with Gasteiger partial charge in [0, 0.05) is 39.8 Å². The van der Waals surface area contributed by atoms with E-state index in [1.165, 1.54) is 6.07 Å². The molecule has 0 radical (unpaired) electrons. The van der Waals surface area contributed by atoms with E-state index in [0.29, 0.717) is 57.4 Å². The predicted molar refractivity (Wildman–Crippen MR) is 108 cm³/mol. The molecular formula is C19H27F3N4O3S. The number of benzene rings is 1. The van der Waals surface area contributed by atoms with Crippen LogP contribution < -0.4 is 5.32 Å². The molecule has 0 saturated carbocycles. The van der Waals surface area contributed by atoms with Crippen molar-refractivity contribution < 1.29 is 26.3 Å². The Kier molecular flexibility index (Phi) is 7.25. The fourth-order valence-corrected chi connectivity index (χ4v) is 4.87. The van der Waals surface area contributed by atoms with Crippen LogP contribution in [0.4, 0.5) is 13.2 Å². The molecular weight excluding hydrogens is 421 g/mol. The minimum absolute atomic E-state index is 0.184. The van der Waals surface area contributed by atoms with E-state index in [1.807, 2.05) is 4.90 Å². The van der Waals surface area contributed by atoms with E-state index in [9.17, 15) is 21.6 Å². The number of hydrogen-bond donors (Lipinski definition) is 1. The lowest BCUT2D eigenvalue weighted by Gasteiger charge is -2.36. The highest BCUT2D eigenvalue weighted by Crippen LogP contribution is 2.32. The van der Waals surface area contributed by atoms with Gasteiger partial charge in [-0.1, -0.05) is 12.1 Å². The molecule has 11 heteroatoms. The standard InChI is InChI=1S/C19H27F3N4O3S/c1-23-18(24-5-6-25-8-11-30(27,28)12-9-25)26-7-10-29-17(14-26)15-3-2-4-16(13-15)19(20,21)22/h2-4,13,17H,5-12,14H2,1H3,(H,23,24). The molecule has 2 aliphatic heterocycles. The van der Waals surface area contributed by atoms with E-state index < -0.39 is 27.7 Å². The Morgan fingerprint density at radius 1 is 1.27 bits per heavy atom. The lowest BCUT2D eigenvalue weighted by molar-refractivity contribution is -0.137. The van der Waals surface area contributed by atoms with Crippen molar-refractivity contribution in [3.8, 4) is 0 Å². The fourth-order valence-electron chi connectivity index (χ4n) is 3.59. The zero-order valence-electron chi connectivity index (χ0n) is 16.9. The minimum atomic E-state index is -4.39. The second-order valence-electron chi connectivity index (χ2n) is 7.40. The van der Waals surface area contributed by atoms with Gasteiger partial charge >= 0.3 is 6.18 Å². The molecule has 0 bridgehead atoms. The SMILES string of the molecule is CN=C(NCCN1CCS(=O)(=O)CC1)N1CCOC(c2cccc(C(F)(F)F)c2)C1. The smallest absolute Gasteiger partial charge is 0.370 e. The monoisotopic (exact) mass is 448 g/mol. The Morgan fingerprint density at radius 2 is 2.00 bits per heavy atom. The van der Waals surface area contributed by atoms with Crippen molar-refractivity contribution in [2.45, 2.75) is 12.3 Å². The number of aliphatic imine (C=N–C) groups is 1. The van der Waals surface area contributed by atoms with Crippen molar-refractivity contribution >= 4 is 15.8 Å². The molecule has 0 amide bonds. The van der Waals surface area contributed by atoms with Crippen molar-refractivity contribution in [2.24, 2.45) is 4.99 Å². The molecule has 3 rings (SSSR count). The van der Waals surface area contributed by atoms with E-state index >= 15 is 0 Å². The molecule has 1 N–H and O–H groups in total. The molecule has 2 heterocycles. The molecule has 168 valence electrons. The Labute approximate surface area is 174 Å². The highest BCUT2D eigenvalue weighted by atomic mass is 32.2. The van der Waals surface area contributed by atoms with Gasteiger partial charge in [0.2, 0.25) is 0 Å². The molecule has 2 fully saturated rings. The average molecular weight is 449 g/mol.